The van der Waals surface area contributed by atoms with Crippen LogP contribution in [-0.2, 0) is 27.7 Å². The number of benzene rings is 2. The van der Waals surface area contributed by atoms with E-state index in [1.165, 1.54) is 15.2 Å². The molecule has 1 amide bonds. The quantitative estimate of drug-likeness (QED) is 0.346. The van der Waals surface area contributed by atoms with Gasteiger partial charge in [-0.3, -0.25) is 4.79 Å². The van der Waals surface area contributed by atoms with Crippen LogP contribution in [0.25, 0.3) is 0 Å². The Morgan fingerprint density at radius 3 is 2.54 bits per heavy atom. The fraction of sp³-hybridized carbons (Fsp3) is 0.320. The summed E-state index contributed by atoms with van der Waals surface area (Å²) >= 11 is 11.1. The van der Waals surface area contributed by atoms with E-state index in [0.717, 1.165) is 5.56 Å². The van der Waals surface area contributed by atoms with Crippen LogP contribution in [0.5, 0.6) is 0 Å². The molecule has 1 fully saturated rings. The molecule has 3 aromatic rings. The van der Waals surface area contributed by atoms with Crippen molar-refractivity contribution in [2.45, 2.75) is 30.8 Å². The molecule has 186 valence electrons. The molecule has 2 heterocycles. The minimum atomic E-state index is -3.78. The van der Waals surface area contributed by atoms with Gasteiger partial charge in [-0.1, -0.05) is 29.8 Å². The molecule has 6 nitrogen and oxygen atoms in total. The first-order chi connectivity index (χ1) is 16.8. The van der Waals surface area contributed by atoms with Crippen molar-refractivity contribution in [1.29, 1.82) is 0 Å². The van der Waals surface area contributed by atoms with E-state index in [1.54, 1.807) is 40.5 Å². The second kappa shape index (κ2) is 11.5. The van der Waals surface area contributed by atoms with E-state index in [9.17, 15) is 13.2 Å². The molecular formula is C25H26BrClN2O4S2. The van der Waals surface area contributed by atoms with Crippen molar-refractivity contribution in [2.75, 3.05) is 26.3 Å². The van der Waals surface area contributed by atoms with Crippen molar-refractivity contribution in [3.8, 4) is 0 Å². The molecule has 4 rings (SSSR count). The molecule has 1 aromatic heterocycles. The molecule has 0 bridgehead atoms. The highest BCUT2D eigenvalue weighted by Gasteiger charge is 2.30. The monoisotopic (exact) mass is 596 g/mol. The van der Waals surface area contributed by atoms with Gasteiger partial charge in [-0.2, -0.15) is 4.31 Å². The smallest absolute Gasteiger partial charge is 0.254 e. The van der Waals surface area contributed by atoms with E-state index in [1.807, 2.05) is 30.5 Å². The summed E-state index contributed by atoms with van der Waals surface area (Å²) in [5.74, 6) is -0.227. The summed E-state index contributed by atoms with van der Waals surface area (Å²) in [7, 11) is -3.78. The lowest BCUT2D eigenvalue weighted by atomic mass is 10.1. The lowest BCUT2D eigenvalue weighted by Gasteiger charge is -2.30. The Morgan fingerprint density at radius 1 is 1.17 bits per heavy atom. The molecule has 1 aliphatic heterocycles. The second-order valence-electron chi connectivity index (χ2n) is 8.35. The minimum absolute atomic E-state index is 0.0857. The van der Waals surface area contributed by atoms with Crippen molar-refractivity contribution in [1.82, 2.24) is 9.21 Å². The highest BCUT2D eigenvalue weighted by molar-refractivity contribution is 9.10. The Labute approximate surface area is 223 Å². The van der Waals surface area contributed by atoms with Gasteiger partial charge in [0.25, 0.3) is 5.91 Å². The Balaban J connectivity index is 1.66. The predicted molar refractivity (Wildman–Crippen MR) is 143 cm³/mol. The van der Waals surface area contributed by atoms with Crippen molar-refractivity contribution in [2.24, 2.45) is 0 Å². The third-order valence-corrected chi connectivity index (χ3v) is 9.95. The van der Waals surface area contributed by atoms with Crippen molar-refractivity contribution in [3.63, 3.8) is 0 Å². The third kappa shape index (κ3) is 6.34. The van der Waals surface area contributed by atoms with Gasteiger partial charge in [-0.25, -0.2) is 8.42 Å². The van der Waals surface area contributed by atoms with Crippen LogP contribution >= 0.6 is 38.9 Å². The summed E-state index contributed by atoms with van der Waals surface area (Å²) in [6, 6.07) is 16.1. The lowest BCUT2D eigenvalue weighted by molar-refractivity contribution is 0.0675. The van der Waals surface area contributed by atoms with Crippen molar-refractivity contribution < 1.29 is 17.9 Å². The molecule has 0 unspecified atom stereocenters. The van der Waals surface area contributed by atoms with Crippen LogP contribution in [0, 0.1) is 0 Å². The number of hydrogen-bond donors (Lipinski definition) is 0. The summed E-state index contributed by atoms with van der Waals surface area (Å²) in [6.07, 6.45) is 0.701. The van der Waals surface area contributed by atoms with Gasteiger partial charge in [0, 0.05) is 52.0 Å². The fourth-order valence-corrected chi connectivity index (χ4v) is 7.28. The molecule has 1 saturated heterocycles. The number of thiophene rings is 1. The molecule has 0 saturated carbocycles. The maximum atomic E-state index is 13.8. The molecule has 2 aromatic carbocycles. The lowest BCUT2D eigenvalue weighted by Crippen LogP contribution is -2.41. The Morgan fingerprint density at radius 2 is 1.89 bits per heavy atom. The third-order valence-electron chi connectivity index (χ3n) is 5.90. The molecule has 35 heavy (non-hydrogen) atoms. The van der Waals surface area contributed by atoms with E-state index in [4.69, 9.17) is 16.3 Å². The number of ether oxygens (including phenoxy) is 1. The number of amides is 1. The largest absolute Gasteiger partial charge is 0.379 e. The minimum Gasteiger partial charge on any atom is -0.379 e. The fourth-order valence-electron chi connectivity index (χ4n) is 3.97. The van der Waals surface area contributed by atoms with Crippen molar-refractivity contribution >= 4 is 54.8 Å². The van der Waals surface area contributed by atoms with Gasteiger partial charge in [0.1, 0.15) is 0 Å². The average Bonchev–Trinajstić information content (AvgIpc) is 3.37. The van der Waals surface area contributed by atoms with E-state index < -0.39 is 10.0 Å². The summed E-state index contributed by atoms with van der Waals surface area (Å²) < 4.78 is 33.8. The zero-order valence-corrected chi connectivity index (χ0v) is 23.2. The van der Waals surface area contributed by atoms with Gasteiger partial charge in [-0.15, -0.1) is 11.3 Å². The first-order valence-electron chi connectivity index (χ1n) is 11.2. The second-order valence-corrected chi connectivity index (χ2v) is 12.6. The first kappa shape index (κ1) is 26.3. The van der Waals surface area contributed by atoms with Gasteiger partial charge < -0.3 is 9.64 Å². The van der Waals surface area contributed by atoms with Gasteiger partial charge >= 0.3 is 0 Å². The number of hydrogen-bond acceptors (Lipinski definition) is 5. The highest BCUT2D eigenvalue weighted by atomic mass is 79.9. The van der Waals surface area contributed by atoms with Crippen molar-refractivity contribution in [3.05, 3.63) is 85.5 Å². The zero-order valence-electron chi connectivity index (χ0n) is 19.2. The van der Waals surface area contributed by atoms with Crippen LogP contribution in [0.1, 0.15) is 27.7 Å². The molecule has 0 aliphatic carbocycles. The maximum Gasteiger partial charge on any atom is 0.254 e. The van der Waals surface area contributed by atoms with Gasteiger partial charge in [0.2, 0.25) is 10.0 Å². The molecule has 0 spiro atoms. The van der Waals surface area contributed by atoms with Gasteiger partial charge in [0.05, 0.1) is 18.1 Å². The van der Waals surface area contributed by atoms with Crippen LogP contribution in [-0.4, -0.2) is 55.9 Å². The number of carbonyl (C=O) groups is 1. The predicted octanol–water partition coefficient (Wildman–Crippen LogP) is 5.46. The molecular weight excluding hydrogens is 572 g/mol. The van der Waals surface area contributed by atoms with Crippen LogP contribution in [0.15, 0.2) is 69.3 Å². The van der Waals surface area contributed by atoms with Crippen LogP contribution in [0.2, 0.25) is 5.02 Å². The summed E-state index contributed by atoms with van der Waals surface area (Å²) in [5, 5.41) is 2.65. The molecule has 0 N–H and O–H groups in total. The Bertz CT molecular complexity index is 1260. The van der Waals surface area contributed by atoms with Crippen LogP contribution in [0.4, 0.5) is 0 Å². The Kier molecular flexibility index (Phi) is 8.67. The number of nitrogens with zero attached hydrogens (tertiary/aromatic N) is 2. The summed E-state index contributed by atoms with van der Waals surface area (Å²) in [5.41, 5.74) is 1.27. The molecule has 1 aliphatic rings. The van der Waals surface area contributed by atoms with E-state index in [0.29, 0.717) is 41.2 Å². The van der Waals surface area contributed by atoms with Crippen LogP contribution in [0.3, 0.4) is 0 Å². The summed E-state index contributed by atoms with van der Waals surface area (Å²) in [6.45, 7) is 3.66. The topological polar surface area (TPSA) is 66.9 Å². The Hall–Kier alpha value is -1.75. The van der Waals surface area contributed by atoms with E-state index in [-0.39, 0.29) is 29.9 Å². The standard InChI is InChI=1S/C25H26BrClN2O4S2/c1-18(15-22-3-2-14-34-22)29(17-19-4-7-21(27)8-5-19)25(30)20-6-9-23(26)24(16-20)35(31,32)28-10-12-33-13-11-28/h2-9,14,16,18H,10-13,15,17H2,1H3/t18-/m0/s1. The number of halogens is 2. The maximum absolute atomic E-state index is 13.8. The average molecular weight is 598 g/mol. The first-order valence-corrected chi connectivity index (χ1v) is 14.7. The SMILES string of the molecule is C[C@@H](Cc1cccs1)N(Cc1ccc(Cl)cc1)C(=O)c1ccc(Br)c(S(=O)(=O)N2CCOCC2)c1. The summed E-state index contributed by atoms with van der Waals surface area (Å²) in [4.78, 5) is 16.9. The number of sulfonamides is 1. The van der Waals surface area contributed by atoms with Crippen LogP contribution < -0.4 is 0 Å². The number of morpholine rings is 1. The highest BCUT2D eigenvalue weighted by Crippen LogP contribution is 2.28. The van der Waals surface area contributed by atoms with Gasteiger partial charge in [-0.05, 0) is 70.2 Å². The zero-order chi connectivity index (χ0) is 25.0. The van der Waals surface area contributed by atoms with E-state index >= 15 is 0 Å². The number of rotatable bonds is 8. The number of carbonyl (C=O) groups excluding carboxylic acids is 1. The molecule has 0 radical (unpaired) electrons. The molecule has 10 heteroatoms. The molecule has 1 atom stereocenters. The van der Waals surface area contributed by atoms with E-state index in [2.05, 4.69) is 22.0 Å². The normalized spacial score (nSPS) is 15.6. The van der Waals surface area contributed by atoms with Gasteiger partial charge in [0.15, 0.2) is 0 Å².